The molecule has 8 heteroatoms. The fourth-order valence-electron chi connectivity index (χ4n) is 4.92. The molecule has 0 bridgehead atoms. The van der Waals surface area contributed by atoms with E-state index in [9.17, 15) is 14.0 Å². The minimum Gasteiger partial charge on any atom is -0.497 e. The van der Waals surface area contributed by atoms with E-state index in [2.05, 4.69) is 28.2 Å². The number of carbonyl (C=O) groups is 2. The first kappa shape index (κ1) is 24.1. The number of rotatable bonds is 8. The Morgan fingerprint density at radius 2 is 2.03 bits per heavy atom. The molecule has 2 saturated heterocycles. The van der Waals surface area contributed by atoms with Gasteiger partial charge < -0.3 is 15.0 Å². The summed E-state index contributed by atoms with van der Waals surface area (Å²) in [7, 11) is 1.54. The predicted octanol–water partition coefficient (Wildman–Crippen LogP) is 2.85. The topological polar surface area (TPSA) is 74.8 Å². The summed E-state index contributed by atoms with van der Waals surface area (Å²) in [4.78, 5) is 33.8. The fraction of sp³-hybridized carbons (Fsp3) is 0.500. The maximum absolute atomic E-state index is 14.5. The Labute approximate surface area is 200 Å². The number of nitrogens with one attached hydrogen (secondary N) is 1. The van der Waals surface area contributed by atoms with Gasteiger partial charge in [0, 0.05) is 57.3 Å². The van der Waals surface area contributed by atoms with Crippen LogP contribution >= 0.6 is 0 Å². The number of carbonyl (C=O) groups excluding carboxylic acids is 2. The van der Waals surface area contributed by atoms with Gasteiger partial charge in [-0.2, -0.15) is 0 Å². The molecule has 2 aromatic rings. The number of benzene rings is 1. The second kappa shape index (κ2) is 10.5. The highest BCUT2D eigenvalue weighted by Crippen LogP contribution is 2.32. The smallest absolute Gasteiger partial charge is 0.222 e. The SMILES string of the molecule is COc1ccc(F)c(CC2(CCC(=O)N3CCN(Cc4ncccc4C)CC3)CCC(=O)N2)c1. The van der Waals surface area contributed by atoms with Crippen LogP contribution in [0.5, 0.6) is 5.75 Å². The minimum absolute atomic E-state index is 0.0471. The van der Waals surface area contributed by atoms with E-state index in [0.717, 1.165) is 25.3 Å². The molecule has 7 nitrogen and oxygen atoms in total. The van der Waals surface area contributed by atoms with Crippen molar-refractivity contribution in [1.82, 2.24) is 20.1 Å². The van der Waals surface area contributed by atoms with Gasteiger partial charge in [-0.3, -0.25) is 19.5 Å². The third kappa shape index (κ3) is 5.73. The average Bonchev–Trinajstić information content (AvgIpc) is 3.21. The molecule has 2 aliphatic rings. The maximum Gasteiger partial charge on any atom is 0.222 e. The number of amides is 2. The number of ether oxygens (including phenoxy) is 1. The molecule has 4 rings (SSSR count). The molecule has 2 fully saturated rings. The molecule has 1 aromatic carbocycles. The number of hydrogen-bond donors (Lipinski definition) is 1. The molecule has 2 aliphatic heterocycles. The van der Waals surface area contributed by atoms with Crippen LogP contribution in [0.15, 0.2) is 36.5 Å². The lowest BCUT2D eigenvalue weighted by Crippen LogP contribution is -2.49. The van der Waals surface area contributed by atoms with E-state index in [0.29, 0.717) is 56.5 Å². The number of aryl methyl sites for hydroxylation is 1. The summed E-state index contributed by atoms with van der Waals surface area (Å²) in [6.07, 6.45) is 3.95. The van der Waals surface area contributed by atoms with Crippen molar-refractivity contribution in [2.24, 2.45) is 0 Å². The van der Waals surface area contributed by atoms with Gasteiger partial charge in [0.05, 0.1) is 12.8 Å². The summed E-state index contributed by atoms with van der Waals surface area (Å²) in [6.45, 7) is 5.81. The molecule has 0 aliphatic carbocycles. The molecule has 1 N–H and O–H groups in total. The van der Waals surface area contributed by atoms with Crippen LogP contribution in [0, 0.1) is 12.7 Å². The van der Waals surface area contributed by atoms with E-state index < -0.39 is 5.54 Å². The van der Waals surface area contributed by atoms with Crippen LogP contribution in [0.1, 0.15) is 42.5 Å². The van der Waals surface area contributed by atoms with Crippen molar-refractivity contribution >= 4 is 11.8 Å². The van der Waals surface area contributed by atoms with Crippen molar-refractivity contribution in [2.75, 3.05) is 33.3 Å². The lowest BCUT2D eigenvalue weighted by Gasteiger charge is -2.36. The number of aromatic nitrogens is 1. The monoisotopic (exact) mass is 468 g/mol. The number of methoxy groups -OCH3 is 1. The quantitative estimate of drug-likeness (QED) is 0.645. The lowest BCUT2D eigenvalue weighted by atomic mass is 9.84. The Bertz CT molecular complexity index is 1040. The number of pyridine rings is 1. The number of hydrogen-bond acceptors (Lipinski definition) is 5. The molecule has 0 radical (unpaired) electrons. The lowest BCUT2D eigenvalue weighted by molar-refractivity contribution is -0.133. The van der Waals surface area contributed by atoms with Gasteiger partial charge in [0.15, 0.2) is 0 Å². The molecule has 1 unspecified atom stereocenters. The second-order valence-electron chi connectivity index (χ2n) is 9.39. The van der Waals surface area contributed by atoms with Crippen molar-refractivity contribution in [3.05, 3.63) is 59.2 Å². The summed E-state index contributed by atoms with van der Waals surface area (Å²) in [5.41, 5.74) is 2.13. The first-order chi connectivity index (χ1) is 16.4. The highest BCUT2D eigenvalue weighted by Gasteiger charge is 2.39. The normalized spacial score (nSPS) is 20.9. The van der Waals surface area contributed by atoms with Gasteiger partial charge in [0.2, 0.25) is 11.8 Å². The molecule has 34 heavy (non-hydrogen) atoms. The van der Waals surface area contributed by atoms with Crippen molar-refractivity contribution in [1.29, 1.82) is 0 Å². The summed E-state index contributed by atoms with van der Waals surface area (Å²) < 4.78 is 19.7. The Hall–Kier alpha value is -3.00. The third-order valence-corrected chi connectivity index (χ3v) is 7.05. The summed E-state index contributed by atoms with van der Waals surface area (Å²) in [5.74, 6) is 0.284. The largest absolute Gasteiger partial charge is 0.497 e. The van der Waals surface area contributed by atoms with Crippen LogP contribution in [0.3, 0.4) is 0 Å². The minimum atomic E-state index is -0.613. The Balaban J connectivity index is 1.33. The number of halogens is 1. The summed E-state index contributed by atoms with van der Waals surface area (Å²) >= 11 is 0. The van der Waals surface area contributed by atoms with E-state index in [4.69, 9.17) is 4.74 Å². The Morgan fingerprint density at radius 3 is 2.71 bits per heavy atom. The zero-order chi connectivity index (χ0) is 24.1. The van der Waals surface area contributed by atoms with Crippen LogP contribution in [0.2, 0.25) is 0 Å². The number of nitrogens with zero attached hydrogens (tertiary/aromatic N) is 3. The maximum atomic E-state index is 14.5. The zero-order valence-corrected chi connectivity index (χ0v) is 20.0. The molecule has 3 heterocycles. The van der Waals surface area contributed by atoms with Gasteiger partial charge in [-0.05, 0) is 61.6 Å². The molecule has 0 saturated carbocycles. The van der Waals surface area contributed by atoms with E-state index in [1.54, 1.807) is 19.2 Å². The molecule has 1 aromatic heterocycles. The van der Waals surface area contributed by atoms with E-state index in [1.807, 2.05) is 17.2 Å². The van der Waals surface area contributed by atoms with Crippen molar-refractivity contribution in [3.63, 3.8) is 0 Å². The van der Waals surface area contributed by atoms with Gasteiger partial charge in [0.25, 0.3) is 0 Å². The second-order valence-corrected chi connectivity index (χ2v) is 9.39. The number of piperazine rings is 1. The van der Waals surface area contributed by atoms with Gasteiger partial charge >= 0.3 is 0 Å². The first-order valence-corrected chi connectivity index (χ1v) is 11.9. The summed E-state index contributed by atoms with van der Waals surface area (Å²) in [5, 5.41) is 3.05. The van der Waals surface area contributed by atoms with Gasteiger partial charge in [-0.15, -0.1) is 0 Å². The van der Waals surface area contributed by atoms with Crippen LogP contribution in [-0.2, 0) is 22.6 Å². The summed E-state index contributed by atoms with van der Waals surface area (Å²) in [6, 6.07) is 8.65. The zero-order valence-electron chi connectivity index (χ0n) is 20.0. The van der Waals surface area contributed by atoms with Crippen LogP contribution in [0.25, 0.3) is 0 Å². The highest BCUT2D eigenvalue weighted by molar-refractivity contribution is 5.80. The van der Waals surface area contributed by atoms with E-state index >= 15 is 0 Å². The molecule has 0 spiro atoms. The third-order valence-electron chi connectivity index (χ3n) is 7.05. The van der Waals surface area contributed by atoms with Gasteiger partial charge in [-0.1, -0.05) is 6.07 Å². The Kier molecular flexibility index (Phi) is 7.46. The van der Waals surface area contributed by atoms with Crippen LogP contribution < -0.4 is 10.1 Å². The average molecular weight is 469 g/mol. The predicted molar refractivity (Wildman–Crippen MR) is 127 cm³/mol. The van der Waals surface area contributed by atoms with Crippen molar-refractivity contribution in [3.8, 4) is 5.75 Å². The van der Waals surface area contributed by atoms with Crippen LogP contribution in [-0.4, -0.2) is 65.4 Å². The van der Waals surface area contributed by atoms with E-state index in [-0.39, 0.29) is 17.6 Å². The molecular weight excluding hydrogens is 435 g/mol. The van der Waals surface area contributed by atoms with Crippen LogP contribution in [0.4, 0.5) is 4.39 Å². The van der Waals surface area contributed by atoms with E-state index in [1.165, 1.54) is 11.6 Å². The molecular formula is C26H33FN4O3. The molecule has 2 amide bonds. The van der Waals surface area contributed by atoms with Crippen molar-refractivity contribution < 1.29 is 18.7 Å². The first-order valence-electron chi connectivity index (χ1n) is 11.9. The fourth-order valence-corrected chi connectivity index (χ4v) is 4.92. The molecule has 182 valence electrons. The molecule has 1 atom stereocenters. The van der Waals surface area contributed by atoms with Crippen molar-refractivity contribution in [2.45, 2.75) is 51.1 Å². The Morgan fingerprint density at radius 1 is 1.24 bits per heavy atom. The van der Waals surface area contributed by atoms with Gasteiger partial charge in [-0.25, -0.2) is 4.39 Å². The van der Waals surface area contributed by atoms with Gasteiger partial charge in [0.1, 0.15) is 11.6 Å². The standard InChI is InChI=1S/C26H33FN4O3/c1-19-4-3-11-28-23(19)18-30-12-14-31(15-13-30)25(33)8-10-26(9-7-24(32)29-26)17-20-16-21(34-2)5-6-22(20)27/h3-6,11,16H,7-10,12-15,17-18H2,1-2H3,(H,29,32). The highest BCUT2D eigenvalue weighted by atomic mass is 19.1.